The molecule has 45 heavy (non-hydrogen) atoms. The topological polar surface area (TPSA) is 148 Å². The second-order valence-corrected chi connectivity index (χ2v) is 11.6. The van der Waals surface area contributed by atoms with Crippen molar-refractivity contribution in [2.45, 2.75) is 57.4 Å². The van der Waals surface area contributed by atoms with Gasteiger partial charge in [-0.05, 0) is 50.3 Å². The first-order valence-electron chi connectivity index (χ1n) is 15.3. The van der Waals surface area contributed by atoms with Crippen LogP contribution in [-0.4, -0.2) is 81.0 Å². The van der Waals surface area contributed by atoms with Crippen LogP contribution in [0.4, 0.5) is 11.6 Å². The van der Waals surface area contributed by atoms with E-state index in [1.165, 1.54) is 6.26 Å². The largest absolute Gasteiger partial charge is 0.487 e. The zero-order chi connectivity index (χ0) is 31.0. The van der Waals surface area contributed by atoms with Crippen LogP contribution in [0.15, 0.2) is 53.7 Å². The molecule has 3 N–H and O–H groups in total. The van der Waals surface area contributed by atoms with Crippen LogP contribution in [-0.2, 0) is 11.3 Å². The molecule has 2 fully saturated rings. The van der Waals surface area contributed by atoms with Gasteiger partial charge in [-0.15, -0.1) is 5.10 Å². The van der Waals surface area contributed by atoms with Crippen LogP contribution in [0.3, 0.4) is 0 Å². The van der Waals surface area contributed by atoms with Crippen molar-refractivity contribution >= 4 is 29.6 Å². The summed E-state index contributed by atoms with van der Waals surface area (Å²) in [5, 5.41) is 18.6. The molecule has 3 aromatic heterocycles. The zero-order valence-corrected chi connectivity index (χ0v) is 25.9. The van der Waals surface area contributed by atoms with Gasteiger partial charge in [0.2, 0.25) is 11.8 Å². The van der Waals surface area contributed by atoms with Crippen molar-refractivity contribution in [2.75, 3.05) is 38.2 Å². The molecule has 14 heteroatoms. The Morgan fingerprint density at radius 2 is 1.87 bits per heavy atom. The van der Waals surface area contributed by atoms with E-state index < -0.39 is 0 Å². The average Bonchev–Trinajstić information content (AvgIpc) is 3.75. The zero-order valence-electron chi connectivity index (χ0n) is 25.2. The van der Waals surface area contributed by atoms with Crippen molar-refractivity contribution in [3.63, 3.8) is 0 Å². The molecule has 238 valence electrons. The van der Waals surface area contributed by atoms with Crippen LogP contribution in [0, 0.1) is 5.41 Å². The van der Waals surface area contributed by atoms with Crippen molar-refractivity contribution in [3.8, 4) is 22.8 Å². The number of aromatic nitrogens is 5. The van der Waals surface area contributed by atoms with Gasteiger partial charge >= 0.3 is 0 Å². The maximum absolute atomic E-state index is 7.14. The second kappa shape index (κ2) is 14.7. The smallest absolute Gasteiger partial charge is 0.257 e. The molecule has 13 nitrogen and oxygen atoms in total. The molecule has 1 saturated carbocycles. The lowest BCUT2D eigenvalue weighted by Gasteiger charge is -2.38. The number of rotatable bonds is 13. The SMILES string of the molecule is C[C@@H](CNC=N)Oc1cc(-c2cnc(Nc3cn([C@H]4CC[C@H](N5CCOCC5)CC4)nc3OCc3ncco3)nc2)ccc1Cl. The summed E-state index contributed by atoms with van der Waals surface area (Å²) in [6.45, 7) is 6.22. The third-order valence-corrected chi connectivity index (χ3v) is 8.43. The van der Waals surface area contributed by atoms with E-state index >= 15 is 0 Å². The molecular formula is C31H38ClN9O4. The lowest BCUT2D eigenvalue weighted by atomic mass is 9.90. The number of morpholine rings is 1. The Morgan fingerprint density at radius 3 is 2.60 bits per heavy atom. The van der Waals surface area contributed by atoms with Crippen LogP contribution in [0.1, 0.15) is 44.5 Å². The molecule has 6 rings (SSSR count). The molecular weight excluding hydrogens is 598 g/mol. The molecule has 0 amide bonds. The molecule has 1 atom stereocenters. The van der Waals surface area contributed by atoms with Gasteiger partial charge in [0.25, 0.3) is 5.88 Å². The van der Waals surface area contributed by atoms with Crippen LogP contribution in [0.2, 0.25) is 5.02 Å². The van der Waals surface area contributed by atoms with Gasteiger partial charge < -0.3 is 29.3 Å². The van der Waals surface area contributed by atoms with Gasteiger partial charge in [-0.2, -0.15) is 0 Å². The molecule has 0 bridgehead atoms. The van der Waals surface area contributed by atoms with Crippen molar-refractivity contribution < 1.29 is 18.6 Å². The second-order valence-electron chi connectivity index (χ2n) is 11.2. The Labute approximate surface area is 266 Å². The highest BCUT2D eigenvalue weighted by molar-refractivity contribution is 6.32. The molecule has 0 radical (unpaired) electrons. The summed E-state index contributed by atoms with van der Waals surface area (Å²) in [5.74, 6) is 1.86. The van der Waals surface area contributed by atoms with Gasteiger partial charge in [0.05, 0.1) is 49.6 Å². The van der Waals surface area contributed by atoms with Crippen molar-refractivity contribution in [2.24, 2.45) is 0 Å². The normalized spacial score (nSPS) is 19.5. The van der Waals surface area contributed by atoms with E-state index in [0.717, 1.165) is 69.5 Å². The third kappa shape index (κ3) is 7.91. The number of benzene rings is 1. The van der Waals surface area contributed by atoms with Gasteiger partial charge in [-0.25, -0.2) is 15.0 Å². The first-order valence-corrected chi connectivity index (χ1v) is 15.6. The summed E-state index contributed by atoms with van der Waals surface area (Å²) in [6, 6.07) is 6.42. The summed E-state index contributed by atoms with van der Waals surface area (Å²) in [7, 11) is 0. The van der Waals surface area contributed by atoms with E-state index in [1.54, 1.807) is 24.7 Å². The molecule has 2 aliphatic rings. The number of ether oxygens (including phenoxy) is 3. The van der Waals surface area contributed by atoms with Crippen LogP contribution in [0.5, 0.6) is 11.6 Å². The van der Waals surface area contributed by atoms with E-state index in [4.69, 9.17) is 40.7 Å². The van der Waals surface area contributed by atoms with Crippen molar-refractivity contribution in [1.29, 1.82) is 5.41 Å². The Hall–Kier alpha value is -4.20. The Kier molecular flexibility index (Phi) is 10.1. The van der Waals surface area contributed by atoms with Gasteiger partial charge in [0.15, 0.2) is 6.61 Å². The number of hydrogen-bond acceptors (Lipinski definition) is 11. The third-order valence-electron chi connectivity index (χ3n) is 8.11. The van der Waals surface area contributed by atoms with E-state index in [1.807, 2.05) is 29.9 Å². The summed E-state index contributed by atoms with van der Waals surface area (Å²) in [6.07, 6.45) is 13.9. The van der Waals surface area contributed by atoms with E-state index in [-0.39, 0.29) is 18.8 Å². The van der Waals surface area contributed by atoms with E-state index in [9.17, 15) is 0 Å². The molecule has 1 aliphatic heterocycles. The number of nitrogens with zero attached hydrogens (tertiary/aromatic N) is 6. The standard InChI is InChI=1S/C31H38ClN9O4/c1-21(15-34-20-33)45-28-14-22(2-7-26(28)32)23-16-36-31(37-17-23)38-27-18-41(39-30(27)44-19-29-35-8-11-43-29)25-5-3-24(4-6-25)40-9-12-42-13-10-40/h2,7-8,11,14,16-18,20-21,24-25H,3-6,9-10,12-13,15,19H2,1H3,(H2,33,34)(H,36,37,38)/t21-,24-,25-/m0/s1. The monoisotopic (exact) mass is 635 g/mol. The van der Waals surface area contributed by atoms with Gasteiger partial charge in [0.1, 0.15) is 23.8 Å². The minimum Gasteiger partial charge on any atom is -0.487 e. The first kappa shape index (κ1) is 30.8. The molecule has 0 spiro atoms. The summed E-state index contributed by atoms with van der Waals surface area (Å²) >= 11 is 6.38. The fourth-order valence-corrected chi connectivity index (χ4v) is 5.92. The highest BCUT2D eigenvalue weighted by Gasteiger charge is 2.29. The Bertz CT molecular complexity index is 1520. The minimum absolute atomic E-state index is 0.152. The quantitative estimate of drug-likeness (QED) is 0.133. The highest BCUT2D eigenvalue weighted by Crippen LogP contribution is 2.35. The molecule has 4 heterocycles. The highest BCUT2D eigenvalue weighted by atomic mass is 35.5. The average molecular weight is 636 g/mol. The van der Waals surface area contributed by atoms with E-state index in [2.05, 4.69) is 30.5 Å². The van der Waals surface area contributed by atoms with Gasteiger partial charge in [-0.1, -0.05) is 17.7 Å². The molecule has 1 saturated heterocycles. The fourth-order valence-electron chi connectivity index (χ4n) is 5.76. The molecule has 1 aliphatic carbocycles. The summed E-state index contributed by atoms with van der Waals surface area (Å²) in [4.78, 5) is 15.9. The molecule has 0 unspecified atom stereocenters. The molecule has 1 aromatic carbocycles. The number of hydrogen-bond donors (Lipinski definition) is 3. The lowest BCUT2D eigenvalue weighted by molar-refractivity contribution is 0.00502. The minimum atomic E-state index is -0.178. The number of oxazole rings is 1. The predicted octanol–water partition coefficient (Wildman–Crippen LogP) is 5.08. The number of halogens is 1. The number of nitrogens with one attached hydrogen (secondary N) is 3. The lowest BCUT2D eigenvalue weighted by Crippen LogP contribution is -2.45. The van der Waals surface area contributed by atoms with Gasteiger partial charge in [-0.3, -0.25) is 15.0 Å². The van der Waals surface area contributed by atoms with Crippen LogP contribution < -0.4 is 20.1 Å². The first-order chi connectivity index (χ1) is 22.1. The number of anilines is 2. The summed E-state index contributed by atoms with van der Waals surface area (Å²) in [5.41, 5.74) is 2.34. The summed E-state index contributed by atoms with van der Waals surface area (Å²) < 4.78 is 24.9. The predicted molar refractivity (Wildman–Crippen MR) is 169 cm³/mol. The van der Waals surface area contributed by atoms with Gasteiger partial charge in [0, 0.05) is 37.1 Å². The fraction of sp³-hybridized carbons (Fsp3) is 0.452. The Morgan fingerprint density at radius 1 is 1.09 bits per heavy atom. The molecule has 4 aromatic rings. The van der Waals surface area contributed by atoms with Crippen LogP contribution in [0.25, 0.3) is 11.1 Å². The maximum Gasteiger partial charge on any atom is 0.257 e. The van der Waals surface area contributed by atoms with E-state index in [0.29, 0.717) is 46.8 Å². The Balaban J connectivity index is 1.15. The van der Waals surface area contributed by atoms with Crippen LogP contribution >= 0.6 is 11.6 Å². The van der Waals surface area contributed by atoms with Crippen molar-refractivity contribution in [1.82, 2.24) is 34.9 Å². The van der Waals surface area contributed by atoms with Crippen molar-refractivity contribution in [3.05, 3.63) is 60.2 Å². The maximum atomic E-state index is 7.14.